The van der Waals surface area contributed by atoms with Gasteiger partial charge in [0.1, 0.15) is 0 Å². The Kier molecular flexibility index (Phi) is 5.38. The highest BCUT2D eigenvalue weighted by Crippen LogP contribution is 2.35. The molecule has 0 aliphatic carbocycles. The summed E-state index contributed by atoms with van der Waals surface area (Å²) < 4.78 is 11.1. The maximum Gasteiger partial charge on any atom is 0.224 e. The van der Waals surface area contributed by atoms with E-state index in [0.717, 1.165) is 29.0 Å². The number of ketones is 1. The van der Waals surface area contributed by atoms with E-state index < -0.39 is 0 Å². The molecule has 5 nitrogen and oxygen atoms in total. The van der Waals surface area contributed by atoms with Gasteiger partial charge < -0.3 is 14.8 Å². The lowest BCUT2D eigenvalue weighted by Crippen LogP contribution is -2.35. The number of Topliss-reactive ketones (excluding diaryl/α,β-unsaturated/α-hetero) is 1. The fourth-order valence-electron chi connectivity index (χ4n) is 2.91. The van der Waals surface area contributed by atoms with Gasteiger partial charge in [-0.25, -0.2) is 0 Å². The van der Waals surface area contributed by atoms with Crippen LogP contribution in [0.2, 0.25) is 0 Å². The lowest BCUT2D eigenvalue weighted by Gasteiger charge is -2.26. The molecule has 0 fully saturated rings. The Bertz CT molecular complexity index is 783. The van der Waals surface area contributed by atoms with E-state index in [9.17, 15) is 9.59 Å². The molecule has 6 heteroatoms. The number of hydrogen-bond acceptors (Lipinski definition) is 5. The Hall–Kier alpha value is -2.34. The van der Waals surface area contributed by atoms with Crippen molar-refractivity contribution in [3.05, 3.63) is 45.6 Å². The summed E-state index contributed by atoms with van der Waals surface area (Å²) in [6.45, 7) is 2.66. The molecule has 0 spiro atoms. The number of ether oxygens (including phenoxy) is 2. The van der Waals surface area contributed by atoms with Gasteiger partial charge in [0.15, 0.2) is 17.3 Å². The summed E-state index contributed by atoms with van der Waals surface area (Å²) in [5.74, 6) is 1.79. The van der Waals surface area contributed by atoms with Gasteiger partial charge in [-0.2, -0.15) is 0 Å². The average molecular weight is 359 g/mol. The van der Waals surface area contributed by atoms with E-state index in [-0.39, 0.29) is 17.6 Å². The molecule has 0 unspecified atom stereocenters. The molecule has 1 aromatic carbocycles. The third kappa shape index (κ3) is 4.20. The maximum absolute atomic E-state index is 12.1. The molecule has 1 aliphatic rings. The minimum atomic E-state index is -0.0376. The third-order valence-corrected chi connectivity index (χ3v) is 5.29. The smallest absolute Gasteiger partial charge is 0.224 e. The monoisotopic (exact) mass is 359 g/mol. The fraction of sp³-hybridized carbons (Fsp3) is 0.368. The predicted octanol–water partition coefficient (Wildman–Crippen LogP) is 2.87. The van der Waals surface area contributed by atoms with Gasteiger partial charge in [0, 0.05) is 12.5 Å². The molecule has 132 valence electrons. The van der Waals surface area contributed by atoms with Crippen LogP contribution in [0.15, 0.2) is 29.6 Å². The van der Waals surface area contributed by atoms with Crippen LogP contribution in [0, 0.1) is 5.92 Å². The van der Waals surface area contributed by atoms with E-state index in [0.29, 0.717) is 24.4 Å². The van der Waals surface area contributed by atoms with Gasteiger partial charge in [-0.15, -0.1) is 11.3 Å². The summed E-state index contributed by atoms with van der Waals surface area (Å²) in [6, 6.07) is 7.65. The van der Waals surface area contributed by atoms with E-state index in [4.69, 9.17) is 9.47 Å². The highest BCUT2D eigenvalue weighted by atomic mass is 32.1. The lowest BCUT2D eigenvalue weighted by atomic mass is 9.96. The van der Waals surface area contributed by atoms with Crippen molar-refractivity contribution < 1.29 is 19.1 Å². The Morgan fingerprint density at radius 1 is 1.40 bits per heavy atom. The number of carbonyl (C=O) groups is 2. The van der Waals surface area contributed by atoms with E-state index in [1.165, 1.54) is 18.3 Å². The first kappa shape index (κ1) is 17.5. The Labute approximate surface area is 151 Å². The van der Waals surface area contributed by atoms with Crippen LogP contribution in [0.5, 0.6) is 11.5 Å². The molecule has 1 N–H and O–H groups in total. The number of amides is 1. The van der Waals surface area contributed by atoms with Crippen molar-refractivity contribution in [1.29, 1.82) is 0 Å². The van der Waals surface area contributed by atoms with Crippen LogP contribution in [0.3, 0.4) is 0 Å². The summed E-state index contributed by atoms with van der Waals surface area (Å²) in [6.07, 6.45) is 1.14. The lowest BCUT2D eigenvalue weighted by molar-refractivity contribution is -0.120. The largest absolute Gasteiger partial charge is 0.493 e. The van der Waals surface area contributed by atoms with E-state index in [1.807, 2.05) is 23.6 Å². The zero-order valence-corrected chi connectivity index (χ0v) is 15.2. The van der Waals surface area contributed by atoms with Crippen LogP contribution in [-0.2, 0) is 17.6 Å². The van der Waals surface area contributed by atoms with E-state index in [1.54, 1.807) is 13.2 Å². The number of thiophene rings is 1. The molecule has 0 saturated carbocycles. The first-order valence-electron chi connectivity index (χ1n) is 8.20. The molecule has 1 aliphatic heterocycles. The molecule has 3 rings (SSSR count). The number of hydrogen-bond donors (Lipinski definition) is 1. The zero-order valence-electron chi connectivity index (χ0n) is 14.3. The minimum absolute atomic E-state index is 0.0325. The van der Waals surface area contributed by atoms with Gasteiger partial charge in [0.25, 0.3) is 0 Å². The van der Waals surface area contributed by atoms with E-state index in [2.05, 4.69) is 5.32 Å². The second kappa shape index (κ2) is 7.70. The molecule has 0 bridgehead atoms. The van der Waals surface area contributed by atoms with E-state index >= 15 is 0 Å². The minimum Gasteiger partial charge on any atom is -0.493 e. The average Bonchev–Trinajstić information content (AvgIpc) is 3.08. The standard InChI is InChI=1S/C19H21NO4S/c1-12(21)17-7-13(11-25-17)8-18(22)20-9-14-6-15-4-3-5-16(23-2)19(15)24-10-14/h3-5,7,11,14H,6,8-10H2,1-2H3,(H,20,22)/t14-/m0/s1. The molecule has 1 aromatic heterocycles. The number of nitrogens with one attached hydrogen (secondary N) is 1. The van der Waals surface area contributed by atoms with Crippen LogP contribution < -0.4 is 14.8 Å². The van der Waals surface area contributed by atoms with Gasteiger partial charge in [0.05, 0.1) is 25.0 Å². The molecule has 1 amide bonds. The molecule has 25 heavy (non-hydrogen) atoms. The molecule has 1 atom stereocenters. The first-order valence-corrected chi connectivity index (χ1v) is 9.08. The van der Waals surface area contributed by atoms with Gasteiger partial charge in [-0.1, -0.05) is 12.1 Å². The number of para-hydroxylation sites is 1. The normalized spacial score (nSPS) is 15.8. The quantitative estimate of drug-likeness (QED) is 0.806. The fourth-order valence-corrected chi connectivity index (χ4v) is 3.72. The van der Waals surface area contributed by atoms with Crippen molar-refractivity contribution in [2.45, 2.75) is 19.8 Å². The topological polar surface area (TPSA) is 64.6 Å². The van der Waals surface area contributed by atoms with Crippen LogP contribution in [0.25, 0.3) is 0 Å². The van der Waals surface area contributed by atoms with Crippen molar-refractivity contribution >= 4 is 23.0 Å². The van der Waals surface area contributed by atoms with Gasteiger partial charge in [-0.3, -0.25) is 9.59 Å². The number of methoxy groups -OCH3 is 1. The second-order valence-electron chi connectivity index (χ2n) is 6.19. The maximum atomic E-state index is 12.1. The Morgan fingerprint density at radius 3 is 2.96 bits per heavy atom. The van der Waals surface area contributed by atoms with Crippen molar-refractivity contribution in [3.8, 4) is 11.5 Å². The van der Waals surface area contributed by atoms with Crippen molar-refractivity contribution in [3.63, 3.8) is 0 Å². The van der Waals surface area contributed by atoms with Gasteiger partial charge in [0.2, 0.25) is 5.91 Å². The Morgan fingerprint density at radius 2 is 2.24 bits per heavy atom. The van der Waals surface area contributed by atoms with Crippen molar-refractivity contribution in [2.75, 3.05) is 20.3 Å². The molecule has 2 heterocycles. The molecular formula is C19H21NO4S. The highest BCUT2D eigenvalue weighted by molar-refractivity contribution is 7.12. The van der Waals surface area contributed by atoms with Crippen LogP contribution in [-0.4, -0.2) is 32.0 Å². The molecule has 0 saturated heterocycles. The number of carbonyl (C=O) groups excluding carboxylic acids is 2. The summed E-state index contributed by atoms with van der Waals surface area (Å²) in [5.41, 5.74) is 1.98. The summed E-state index contributed by atoms with van der Waals surface area (Å²) in [5, 5.41) is 4.83. The predicted molar refractivity (Wildman–Crippen MR) is 96.7 cm³/mol. The van der Waals surface area contributed by atoms with Gasteiger partial charge >= 0.3 is 0 Å². The SMILES string of the molecule is COc1cccc2c1OC[C@H](CNC(=O)Cc1csc(C(C)=O)c1)C2. The Balaban J connectivity index is 1.51. The highest BCUT2D eigenvalue weighted by Gasteiger charge is 2.23. The first-order chi connectivity index (χ1) is 12.1. The summed E-state index contributed by atoms with van der Waals surface area (Å²) >= 11 is 1.38. The molecule has 0 radical (unpaired) electrons. The number of benzene rings is 1. The zero-order chi connectivity index (χ0) is 17.8. The molecule has 2 aromatic rings. The van der Waals surface area contributed by atoms with Crippen molar-refractivity contribution in [1.82, 2.24) is 5.32 Å². The molecular weight excluding hydrogens is 338 g/mol. The van der Waals surface area contributed by atoms with Crippen molar-refractivity contribution in [2.24, 2.45) is 5.92 Å². The number of rotatable bonds is 6. The van der Waals surface area contributed by atoms with Crippen LogP contribution in [0.4, 0.5) is 0 Å². The van der Waals surface area contributed by atoms with Crippen LogP contribution >= 0.6 is 11.3 Å². The summed E-state index contributed by atoms with van der Waals surface area (Å²) in [4.78, 5) is 24.1. The summed E-state index contributed by atoms with van der Waals surface area (Å²) in [7, 11) is 1.63. The van der Waals surface area contributed by atoms with Gasteiger partial charge in [-0.05, 0) is 42.0 Å². The van der Waals surface area contributed by atoms with Crippen LogP contribution in [0.1, 0.15) is 27.7 Å². The second-order valence-corrected chi connectivity index (χ2v) is 7.10. The third-order valence-electron chi connectivity index (χ3n) is 4.21. The number of fused-ring (bicyclic) bond motifs is 1.